The maximum absolute atomic E-state index is 10.8. The summed E-state index contributed by atoms with van der Waals surface area (Å²) < 4.78 is 0. The molecule has 1 aromatic rings. The molecule has 0 fully saturated rings. The summed E-state index contributed by atoms with van der Waals surface area (Å²) >= 11 is 4.80. The summed E-state index contributed by atoms with van der Waals surface area (Å²) in [6.07, 6.45) is 1.40. The van der Waals surface area contributed by atoms with Crippen LogP contribution < -0.4 is 16.2 Å². The predicted octanol–water partition coefficient (Wildman–Crippen LogP) is -0.314. The first-order valence-corrected chi connectivity index (χ1v) is 3.67. The van der Waals surface area contributed by atoms with Gasteiger partial charge in [0.05, 0.1) is 0 Å². The first kappa shape index (κ1) is 8.66. The lowest BCUT2D eigenvalue weighted by Gasteiger charge is -2.03. The second-order valence-corrected chi connectivity index (χ2v) is 2.40. The molecule has 3 N–H and O–H groups in total. The Bertz CT molecular complexity index is 334. The molecule has 0 saturated heterocycles. The number of thiocarbonyl (C=S) groups is 1. The zero-order chi connectivity index (χ0) is 8.97. The second kappa shape index (κ2) is 3.82. The zero-order valence-electron chi connectivity index (χ0n) is 6.42. The number of aromatic amines is 1. The summed E-state index contributed by atoms with van der Waals surface area (Å²) in [5, 5.41) is 5.78. The normalized spacial score (nSPS) is 9.08. The minimum Gasteiger partial charge on any atom is -0.365 e. The Morgan fingerprint density at radius 3 is 3.08 bits per heavy atom. The highest BCUT2D eigenvalue weighted by molar-refractivity contribution is 7.80. The molecular formula is C6H8N4OS. The lowest BCUT2D eigenvalue weighted by Crippen LogP contribution is -2.26. The van der Waals surface area contributed by atoms with Crippen molar-refractivity contribution in [2.45, 2.75) is 0 Å². The zero-order valence-corrected chi connectivity index (χ0v) is 7.23. The largest absolute Gasteiger partial charge is 0.365 e. The highest BCUT2D eigenvalue weighted by Gasteiger charge is 1.94. The number of hydrogen-bond acceptors (Lipinski definition) is 3. The van der Waals surface area contributed by atoms with Gasteiger partial charge < -0.3 is 10.6 Å². The molecule has 0 unspecified atom stereocenters. The van der Waals surface area contributed by atoms with Gasteiger partial charge in [-0.3, -0.25) is 9.78 Å². The van der Waals surface area contributed by atoms with Gasteiger partial charge in [-0.25, -0.2) is 4.98 Å². The summed E-state index contributed by atoms with van der Waals surface area (Å²) in [5.41, 5.74) is -0.216. The smallest absolute Gasteiger partial charge is 0.252 e. The molecule has 0 aliphatic heterocycles. The molecule has 6 heteroatoms. The third-order valence-electron chi connectivity index (χ3n) is 1.13. The molecule has 0 radical (unpaired) electrons. The van der Waals surface area contributed by atoms with Crippen molar-refractivity contribution < 1.29 is 0 Å². The van der Waals surface area contributed by atoms with Crippen LogP contribution in [0.2, 0.25) is 0 Å². The van der Waals surface area contributed by atoms with E-state index in [4.69, 9.17) is 12.2 Å². The highest BCUT2D eigenvalue weighted by atomic mass is 32.1. The van der Waals surface area contributed by atoms with E-state index in [2.05, 4.69) is 20.6 Å². The molecule has 0 aromatic carbocycles. The molecule has 0 amide bonds. The number of hydrogen-bond donors (Lipinski definition) is 3. The Morgan fingerprint density at radius 2 is 2.50 bits per heavy atom. The van der Waals surface area contributed by atoms with Crippen LogP contribution in [0.25, 0.3) is 0 Å². The van der Waals surface area contributed by atoms with E-state index in [1.54, 1.807) is 7.05 Å². The third-order valence-corrected chi connectivity index (χ3v) is 1.44. The standard InChI is InChI=1S/C6H8N4OS/c1-7-6(12)10-5-8-3-2-4(11)9-5/h2-3H,1H3,(H3,7,8,9,10,11,12). The van der Waals surface area contributed by atoms with Gasteiger partial charge in [0.25, 0.3) is 5.56 Å². The van der Waals surface area contributed by atoms with Gasteiger partial charge in [-0.05, 0) is 12.2 Å². The van der Waals surface area contributed by atoms with Crippen molar-refractivity contribution in [3.05, 3.63) is 22.6 Å². The van der Waals surface area contributed by atoms with Gasteiger partial charge in [0.15, 0.2) is 5.11 Å². The Morgan fingerprint density at radius 1 is 1.75 bits per heavy atom. The van der Waals surface area contributed by atoms with Crippen molar-refractivity contribution in [3.63, 3.8) is 0 Å². The van der Waals surface area contributed by atoms with E-state index in [0.717, 1.165) is 0 Å². The molecule has 0 aliphatic carbocycles. The Kier molecular flexibility index (Phi) is 2.76. The van der Waals surface area contributed by atoms with E-state index in [0.29, 0.717) is 11.1 Å². The van der Waals surface area contributed by atoms with Crippen LogP contribution >= 0.6 is 12.2 Å². The number of nitrogens with zero attached hydrogens (tertiary/aromatic N) is 1. The number of rotatable bonds is 1. The SMILES string of the molecule is CNC(=S)Nc1nccc(=O)[nH]1. The van der Waals surface area contributed by atoms with Crippen molar-refractivity contribution in [2.24, 2.45) is 0 Å². The fourth-order valence-corrected chi connectivity index (χ4v) is 0.700. The van der Waals surface area contributed by atoms with Crippen LogP contribution in [0.3, 0.4) is 0 Å². The number of anilines is 1. The molecular weight excluding hydrogens is 176 g/mol. The molecule has 0 saturated carbocycles. The van der Waals surface area contributed by atoms with E-state index in [1.165, 1.54) is 12.3 Å². The van der Waals surface area contributed by atoms with Crippen LogP contribution in [0.1, 0.15) is 0 Å². The summed E-state index contributed by atoms with van der Waals surface area (Å²) in [4.78, 5) is 17.1. The second-order valence-electron chi connectivity index (χ2n) is 1.99. The van der Waals surface area contributed by atoms with Gasteiger partial charge in [0.2, 0.25) is 5.95 Å². The molecule has 1 heterocycles. The Hall–Kier alpha value is -1.43. The number of nitrogens with one attached hydrogen (secondary N) is 3. The topological polar surface area (TPSA) is 69.8 Å². The van der Waals surface area contributed by atoms with Gasteiger partial charge in [0, 0.05) is 19.3 Å². The van der Waals surface area contributed by atoms with Crippen LogP contribution in [0.4, 0.5) is 5.95 Å². The molecule has 0 bridgehead atoms. The van der Waals surface area contributed by atoms with Gasteiger partial charge in [-0.1, -0.05) is 0 Å². The number of H-pyrrole nitrogens is 1. The summed E-state index contributed by atoms with van der Waals surface area (Å²) in [6, 6.07) is 1.33. The van der Waals surface area contributed by atoms with Crippen molar-refractivity contribution in [1.29, 1.82) is 0 Å². The quantitative estimate of drug-likeness (QED) is 0.522. The van der Waals surface area contributed by atoms with Crippen LogP contribution in [0.15, 0.2) is 17.1 Å². The number of aromatic nitrogens is 2. The Balaban J connectivity index is 2.76. The minimum atomic E-state index is -0.216. The van der Waals surface area contributed by atoms with Gasteiger partial charge in [0.1, 0.15) is 0 Å². The van der Waals surface area contributed by atoms with Crippen molar-refractivity contribution in [3.8, 4) is 0 Å². The van der Waals surface area contributed by atoms with Crippen LogP contribution in [0, 0.1) is 0 Å². The van der Waals surface area contributed by atoms with Gasteiger partial charge in [-0.15, -0.1) is 0 Å². The van der Waals surface area contributed by atoms with Crippen LogP contribution in [-0.2, 0) is 0 Å². The molecule has 12 heavy (non-hydrogen) atoms. The molecule has 5 nitrogen and oxygen atoms in total. The van der Waals surface area contributed by atoms with E-state index >= 15 is 0 Å². The lowest BCUT2D eigenvalue weighted by atomic mass is 10.6. The average molecular weight is 184 g/mol. The molecule has 1 rings (SSSR count). The monoisotopic (exact) mass is 184 g/mol. The first-order chi connectivity index (χ1) is 5.72. The van der Waals surface area contributed by atoms with E-state index in [1.807, 2.05) is 0 Å². The van der Waals surface area contributed by atoms with Crippen LogP contribution in [0.5, 0.6) is 0 Å². The van der Waals surface area contributed by atoms with E-state index < -0.39 is 0 Å². The first-order valence-electron chi connectivity index (χ1n) is 3.26. The molecule has 0 aliphatic rings. The summed E-state index contributed by atoms with van der Waals surface area (Å²) in [6.45, 7) is 0. The van der Waals surface area contributed by atoms with Crippen molar-refractivity contribution >= 4 is 23.3 Å². The predicted molar refractivity (Wildman–Crippen MR) is 50.1 cm³/mol. The minimum absolute atomic E-state index is 0.216. The van der Waals surface area contributed by atoms with Crippen molar-refractivity contribution in [1.82, 2.24) is 15.3 Å². The third kappa shape index (κ3) is 2.31. The van der Waals surface area contributed by atoms with E-state index in [9.17, 15) is 4.79 Å². The summed E-state index contributed by atoms with van der Waals surface area (Å²) in [7, 11) is 1.68. The fraction of sp³-hybridized carbons (Fsp3) is 0.167. The lowest BCUT2D eigenvalue weighted by molar-refractivity contribution is 1.11. The van der Waals surface area contributed by atoms with Crippen molar-refractivity contribution in [2.75, 3.05) is 12.4 Å². The highest BCUT2D eigenvalue weighted by Crippen LogP contribution is 1.89. The molecule has 64 valence electrons. The molecule has 1 aromatic heterocycles. The summed E-state index contributed by atoms with van der Waals surface area (Å²) in [5.74, 6) is 0.335. The maximum Gasteiger partial charge on any atom is 0.252 e. The fourth-order valence-electron chi connectivity index (χ4n) is 0.604. The molecule has 0 spiro atoms. The average Bonchev–Trinajstić information content (AvgIpc) is 2.04. The maximum atomic E-state index is 10.8. The Labute approximate surface area is 74.2 Å². The van der Waals surface area contributed by atoms with Gasteiger partial charge in [-0.2, -0.15) is 0 Å². The van der Waals surface area contributed by atoms with E-state index in [-0.39, 0.29) is 5.56 Å². The molecule has 0 atom stereocenters. The van der Waals surface area contributed by atoms with Gasteiger partial charge >= 0.3 is 0 Å². The van der Waals surface area contributed by atoms with Crippen LogP contribution in [-0.4, -0.2) is 22.1 Å².